The Morgan fingerprint density at radius 2 is 2.05 bits per heavy atom. The molecule has 0 aromatic carbocycles. The molecule has 2 heterocycles. The maximum absolute atomic E-state index is 5.45. The number of hydrogen-bond donors (Lipinski definition) is 1. The van der Waals surface area contributed by atoms with E-state index in [9.17, 15) is 0 Å². The van der Waals surface area contributed by atoms with Gasteiger partial charge in [-0.1, -0.05) is 6.92 Å². The first-order chi connectivity index (χ1) is 9.26. The van der Waals surface area contributed by atoms with Crippen molar-refractivity contribution in [2.24, 2.45) is 0 Å². The van der Waals surface area contributed by atoms with Gasteiger partial charge < -0.3 is 14.8 Å². The molecule has 2 unspecified atom stereocenters. The molecule has 2 rings (SSSR count). The molecule has 1 aromatic rings. The van der Waals surface area contributed by atoms with Crippen molar-refractivity contribution in [2.75, 3.05) is 39.2 Å². The monoisotopic (exact) mass is 285 g/mol. The number of likely N-dealkylation sites (tertiary alicyclic amines) is 1. The molecule has 19 heavy (non-hydrogen) atoms. The third-order valence-corrected chi connectivity index (χ3v) is 4.30. The standard InChI is InChI=1S/C13H23N3O2S/c1-4-5-14-13-15-6-10(19-13)7-16-8-11(17-2)12(9-16)18-3/h6,11-12H,4-5,7-9H2,1-3H3,(H,14,15). The lowest BCUT2D eigenvalue weighted by Gasteiger charge is -2.13. The Morgan fingerprint density at radius 1 is 1.37 bits per heavy atom. The van der Waals surface area contributed by atoms with Crippen LogP contribution in [0.15, 0.2) is 6.20 Å². The van der Waals surface area contributed by atoms with Gasteiger partial charge in [-0.3, -0.25) is 4.90 Å². The van der Waals surface area contributed by atoms with Crippen LogP contribution in [0.4, 0.5) is 5.13 Å². The number of anilines is 1. The van der Waals surface area contributed by atoms with Gasteiger partial charge in [0, 0.05) is 51.5 Å². The Hall–Kier alpha value is -0.690. The summed E-state index contributed by atoms with van der Waals surface area (Å²) >= 11 is 1.73. The zero-order chi connectivity index (χ0) is 13.7. The molecule has 0 bridgehead atoms. The van der Waals surface area contributed by atoms with Crippen LogP contribution >= 0.6 is 11.3 Å². The normalized spacial score (nSPS) is 23.9. The summed E-state index contributed by atoms with van der Waals surface area (Å²) in [6.45, 7) is 5.90. The highest BCUT2D eigenvalue weighted by Crippen LogP contribution is 2.23. The van der Waals surface area contributed by atoms with Crippen molar-refractivity contribution < 1.29 is 9.47 Å². The highest BCUT2D eigenvalue weighted by Gasteiger charge is 2.32. The van der Waals surface area contributed by atoms with Gasteiger partial charge in [-0.2, -0.15) is 0 Å². The number of methoxy groups -OCH3 is 2. The van der Waals surface area contributed by atoms with Crippen LogP contribution in [-0.4, -0.2) is 55.9 Å². The molecule has 1 N–H and O–H groups in total. The lowest BCUT2D eigenvalue weighted by molar-refractivity contribution is -0.00461. The summed E-state index contributed by atoms with van der Waals surface area (Å²) < 4.78 is 10.9. The van der Waals surface area contributed by atoms with Crippen molar-refractivity contribution >= 4 is 16.5 Å². The van der Waals surface area contributed by atoms with Crippen molar-refractivity contribution in [3.63, 3.8) is 0 Å². The van der Waals surface area contributed by atoms with Crippen LogP contribution in [0.5, 0.6) is 0 Å². The van der Waals surface area contributed by atoms with Crippen LogP contribution in [0.2, 0.25) is 0 Å². The van der Waals surface area contributed by atoms with Crippen LogP contribution in [-0.2, 0) is 16.0 Å². The third-order valence-electron chi connectivity index (χ3n) is 3.36. The van der Waals surface area contributed by atoms with Gasteiger partial charge in [0.25, 0.3) is 0 Å². The predicted octanol–water partition coefficient (Wildman–Crippen LogP) is 1.81. The highest BCUT2D eigenvalue weighted by molar-refractivity contribution is 7.15. The minimum atomic E-state index is 0.176. The fourth-order valence-electron chi connectivity index (χ4n) is 2.32. The number of nitrogens with zero attached hydrogens (tertiary/aromatic N) is 2. The van der Waals surface area contributed by atoms with Crippen molar-refractivity contribution in [1.82, 2.24) is 9.88 Å². The molecule has 1 aliphatic rings. The van der Waals surface area contributed by atoms with Gasteiger partial charge in [0.1, 0.15) is 0 Å². The van der Waals surface area contributed by atoms with Crippen molar-refractivity contribution in [2.45, 2.75) is 32.1 Å². The Labute approximate surface area is 118 Å². The van der Waals surface area contributed by atoms with E-state index in [0.717, 1.165) is 37.7 Å². The van der Waals surface area contributed by atoms with Crippen molar-refractivity contribution in [1.29, 1.82) is 0 Å². The van der Waals surface area contributed by atoms with E-state index in [1.54, 1.807) is 25.6 Å². The smallest absolute Gasteiger partial charge is 0.182 e. The van der Waals surface area contributed by atoms with Gasteiger partial charge >= 0.3 is 0 Å². The summed E-state index contributed by atoms with van der Waals surface area (Å²) in [6, 6.07) is 0. The minimum absolute atomic E-state index is 0.176. The maximum atomic E-state index is 5.45. The predicted molar refractivity (Wildman–Crippen MR) is 77.8 cm³/mol. The first-order valence-electron chi connectivity index (χ1n) is 6.73. The zero-order valence-electron chi connectivity index (χ0n) is 11.9. The highest BCUT2D eigenvalue weighted by atomic mass is 32.1. The van der Waals surface area contributed by atoms with Gasteiger partial charge in [0.2, 0.25) is 0 Å². The van der Waals surface area contributed by atoms with Gasteiger partial charge in [0.15, 0.2) is 5.13 Å². The average molecular weight is 285 g/mol. The van der Waals surface area contributed by atoms with Gasteiger partial charge in [-0.25, -0.2) is 4.98 Å². The van der Waals surface area contributed by atoms with Crippen molar-refractivity contribution in [3.8, 4) is 0 Å². The molecule has 0 amide bonds. The fourth-order valence-corrected chi connectivity index (χ4v) is 3.20. The molecular weight excluding hydrogens is 262 g/mol. The van der Waals surface area contributed by atoms with Gasteiger partial charge in [-0.05, 0) is 6.42 Å². The molecule has 0 saturated carbocycles. The molecule has 6 heteroatoms. The van der Waals surface area contributed by atoms with E-state index in [1.807, 2.05) is 6.20 Å². The third kappa shape index (κ3) is 3.89. The second-order valence-corrected chi connectivity index (χ2v) is 5.92. The van der Waals surface area contributed by atoms with Crippen molar-refractivity contribution in [3.05, 3.63) is 11.1 Å². The number of aromatic nitrogens is 1. The largest absolute Gasteiger partial charge is 0.377 e. The summed E-state index contributed by atoms with van der Waals surface area (Å²) in [4.78, 5) is 8.04. The topological polar surface area (TPSA) is 46.6 Å². The van der Waals surface area contributed by atoms with Crippen LogP contribution in [0.3, 0.4) is 0 Å². The summed E-state index contributed by atoms with van der Waals surface area (Å²) in [7, 11) is 3.50. The Morgan fingerprint density at radius 3 is 2.63 bits per heavy atom. The van der Waals surface area contributed by atoms with E-state index in [2.05, 4.69) is 22.1 Å². The van der Waals surface area contributed by atoms with Crippen LogP contribution in [0.1, 0.15) is 18.2 Å². The number of nitrogens with one attached hydrogen (secondary N) is 1. The molecule has 0 radical (unpaired) electrons. The molecular formula is C13H23N3O2S. The zero-order valence-corrected chi connectivity index (χ0v) is 12.7. The second kappa shape index (κ2) is 7.19. The number of thiazole rings is 1. The van der Waals surface area contributed by atoms with Crippen LogP contribution in [0.25, 0.3) is 0 Å². The number of rotatable bonds is 7. The number of ether oxygens (including phenoxy) is 2. The van der Waals surface area contributed by atoms with Gasteiger partial charge in [-0.15, -0.1) is 11.3 Å². The van der Waals surface area contributed by atoms with Crippen LogP contribution < -0.4 is 5.32 Å². The van der Waals surface area contributed by atoms with E-state index in [-0.39, 0.29) is 12.2 Å². The molecule has 1 aromatic heterocycles. The van der Waals surface area contributed by atoms with E-state index in [0.29, 0.717) is 0 Å². The van der Waals surface area contributed by atoms with E-state index in [4.69, 9.17) is 9.47 Å². The first kappa shape index (κ1) is 14.7. The van der Waals surface area contributed by atoms with E-state index in [1.165, 1.54) is 4.88 Å². The quantitative estimate of drug-likeness (QED) is 0.828. The molecule has 0 spiro atoms. The molecule has 1 fully saturated rings. The molecule has 1 saturated heterocycles. The molecule has 1 aliphatic heterocycles. The lowest BCUT2D eigenvalue weighted by atomic mass is 10.3. The molecule has 5 nitrogen and oxygen atoms in total. The first-order valence-corrected chi connectivity index (χ1v) is 7.55. The van der Waals surface area contributed by atoms with Crippen LogP contribution in [0, 0.1) is 0 Å². The summed E-state index contributed by atoms with van der Waals surface area (Å²) in [6.07, 6.45) is 3.43. The lowest BCUT2D eigenvalue weighted by Crippen LogP contribution is -2.27. The Bertz CT molecular complexity index is 374. The van der Waals surface area contributed by atoms with Gasteiger partial charge in [0.05, 0.1) is 12.2 Å². The minimum Gasteiger partial charge on any atom is -0.377 e. The maximum Gasteiger partial charge on any atom is 0.182 e. The van der Waals surface area contributed by atoms with E-state index >= 15 is 0 Å². The number of hydrogen-bond acceptors (Lipinski definition) is 6. The molecule has 108 valence electrons. The summed E-state index contributed by atoms with van der Waals surface area (Å²) in [5, 5.41) is 4.34. The molecule has 2 atom stereocenters. The Balaban J connectivity index is 1.86. The summed E-state index contributed by atoms with van der Waals surface area (Å²) in [5.74, 6) is 0. The fraction of sp³-hybridized carbons (Fsp3) is 0.769. The molecule has 0 aliphatic carbocycles. The average Bonchev–Trinajstić information content (AvgIpc) is 3.03. The SMILES string of the molecule is CCCNc1ncc(CN2CC(OC)C(OC)C2)s1. The second-order valence-electron chi connectivity index (χ2n) is 4.80. The summed E-state index contributed by atoms with van der Waals surface area (Å²) in [5.41, 5.74) is 0. The van der Waals surface area contributed by atoms with E-state index < -0.39 is 0 Å². The Kier molecular flexibility index (Phi) is 5.57.